The second-order valence-corrected chi connectivity index (χ2v) is 17.0. The predicted octanol–water partition coefficient (Wildman–Crippen LogP) is 15.6. The molecule has 4 heterocycles. The van der Waals surface area contributed by atoms with Crippen molar-refractivity contribution in [3.63, 3.8) is 0 Å². The van der Waals surface area contributed by atoms with Crippen molar-refractivity contribution >= 4 is 75.3 Å². The number of aromatic nitrogens is 4. The van der Waals surface area contributed by atoms with Gasteiger partial charge in [-0.2, -0.15) is 0 Å². The summed E-state index contributed by atoms with van der Waals surface area (Å²) < 4.78 is 11.4. The first-order valence-electron chi connectivity index (χ1n) is 21.1. The molecule has 0 amide bonds. The summed E-state index contributed by atoms with van der Waals surface area (Å²) >= 11 is 1.84. The lowest BCUT2D eigenvalue weighted by Crippen LogP contribution is -2.02. The average molecular weight is 823 g/mol. The molecule has 63 heavy (non-hydrogen) atoms. The smallest absolute Gasteiger partial charge is 0.164 e. The molecule has 0 aliphatic rings. The van der Waals surface area contributed by atoms with E-state index in [0.29, 0.717) is 17.5 Å². The van der Waals surface area contributed by atoms with Gasteiger partial charge >= 0.3 is 0 Å². The Morgan fingerprint density at radius 3 is 1.70 bits per heavy atom. The van der Waals surface area contributed by atoms with Gasteiger partial charge in [0.25, 0.3) is 0 Å². The fourth-order valence-electron chi connectivity index (χ4n) is 9.33. The first-order chi connectivity index (χ1) is 31.2. The zero-order valence-electron chi connectivity index (χ0n) is 33.7. The summed E-state index contributed by atoms with van der Waals surface area (Å²) in [6.07, 6.45) is 0. The zero-order chi connectivity index (χ0) is 41.4. The minimum Gasteiger partial charge on any atom is -0.456 e. The molecule has 4 aromatic heterocycles. The van der Waals surface area contributed by atoms with Crippen molar-refractivity contribution in [1.82, 2.24) is 19.5 Å². The minimum absolute atomic E-state index is 0.595. The molecule has 0 N–H and O–H groups in total. The molecule has 0 bridgehead atoms. The Bertz CT molecular complexity index is 3880. The third-order valence-corrected chi connectivity index (χ3v) is 13.5. The van der Waals surface area contributed by atoms with E-state index >= 15 is 0 Å². The number of benzene rings is 9. The Morgan fingerprint density at radius 1 is 0.349 bits per heavy atom. The third-order valence-electron chi connectivity index (χ3n) is 12.3. The summed E-state index contributed by atoms with van der Waals surface area (Å²) in [4.78, 5) is 15.7. The van der Waals surface area contributed by atoms with Crippen molar-refractivity contribution in [1.29, 1.82) is 0 Å². The number of hydrogen-bond acceptors (Lipinski definition) is 5. The van der Waals surface area contributed by atoms with Gasteiger partial charge in [-0.3, -0.25) is 0 Å². The molecule has 0 aliphatic carbocycles. The van der Waals surface area contributed by atoms with Crippen LogP contribution >= 0.6 is 11.3 Å². The Morgan fingerprint density at radius 2 is 0.905 bits per heavy atom. The zero-order valence-corrected chi connectivity index (χ0v) is 34.6. The molecule has 13 aromatic rings. The highest BCUT2D eigenvalue weighted by Gasteiger charge is 2.20. The van der Waals surface area contributed by atoms with E-state index in [9.17, 15) is 0 Å². The molecule has 0 saturated heterocycles. The van der Waals surface area contributed by atoms with Crippen LogP contribution in [0.2, 0.25) is 0 Å². The highest BCUT2D eigenvalue weighted by atomic mass is 32.1. The standard InChI is InChI=1S/C57H34N4OS/c1-2-14-35(15-3-1)55-58-56(38-17-12-16-36(32-38)41-22-13-23-47-46-21-7-11-27-53(46)63-54(41)47)60-57(59-55)39-29-30-40(37-28-31-45-44-20-6-10-26-51(44)62-52(45)34-37)50(33-39)61-48-24-8-4-18-42(48)43-19-5-9-25-49(43)61/h1-34H. The van der Waals surface area contributed by atoms with Gasteiger partial charge in [0.2, 0.25) is 0 Å². The van der Waals surface area contributed by atoms with Crippen LogP contribution in [0.4, 0.5) is 0 Å². The summed E-state index contributed by atoms with van der Waals surface area (Å²) in [7, 11) is 0. The van der Waals surface area contributed by atoms with Crippen molar-refractivity contribution in [3.05, 3.63) is 206 Å². The van der Waals surface area contributed by atoms with Gasteiger partial charge < -0.3 is 8.98 Å². The lowest BCUT2D eigenvalue weighted by Gasteiger charge is -2.16. The Labute approximate surface area is 365 Å². The maximum atomic E-state index is 6.43. The van der Waals surface area contributed by atoms with E-state index in [1.165, 1.54) is 36.5 Å². The van der Waals surface area contributed by atoms with Crippen LogP contribution < -0.4 is 0 Å². The Hall–Kier alpha value is -8.19. The first-order valence-corrected chi connectivity index (χ1v) is 21.9. The maximum Gasteiger partial charge on any atom is 0.164 e. The second kappa shape index (κ2) is 14.2. The van der Waals surface area contributed by atoms with E-state index < -0.39 is 0 Å². The number of hydrogen-bond donors (Lipinski definition) is 0. The van der Waals surface area contributed by atoms with Crippen LogP contribution in [0.25, 0.3) is 126 Å². The van der Waals surface area contributed by atoms with Crippen LogP contribution in [0.3, 0.4) is 0 Å². The summed E-state index contributed by atoms with van der Waals surface area (Å²) in [5, 5.41) is 7.15. The summed E-state index contributed by atoms with van der Waals surface area (Å²) in [6, 6.07) is 72.7. The fourth-order valence-corrected chi connectivity index (χ4v) is 10.6. The van der Waals surface area contributed by atoms with Crippen LogP contribution in [0.5, 0.6) is 0 Å². The number of fused-ring (bicyclic) bond motifs is 9. The van der Waals surface area contributed by atoms with E-state index in [0.717, 1.165) is 72.0 Å². The Kier molecular flexibility index (Phi) is 8.01. The number of furan rings is 1. The highest BCUT2D eigenvalue weighted by molar-refractivity contribution is 7.26. The van der Waals surface area contributed by atoms with Gasteiger partial charge in [0.1, 0.15) is 11.2 Å². The largest absolute Gasteiger partial charge is 0.456 e. The lowest BCUT2D eigenvalue weighted by molar-refractivity contribution is 0.669. The number of nitrogens with zero attached hydrogens (tertiary/aromatic N) is 4. The van der Waals surface area contributed by atoms with Gasteiger partial charge in [-0.1, -0.05) is 158 Å². The lowest BCUT2D eigenvalue weighted by atomic mass is 9.99. The van der Waals surface area contributed by atoms with E-state index in [1.807, 2.05) is 41.7 Å². The van der Waals surface area contributed by atoms with Gasteiger partial charge in [-0.15, -0.1) is 11.3 Å². The number of thiophene rings is 1. The number of para-hydroxylation sites is 3. The highest BCUT2D eigenvalue weighted by Crippen LogP contribution is 2.42. The summed E-state index contributed by atoms with van der Waals surface area (Å²) in [5.74, 6) is 1.82. The topological polar surface area (TPSA) is 56.7 Å². The summed E-state index contributed by atoms with van der Waals surface area (Å²) in [5.41, 5.74) is 12.1. The van der Waals surface area contributed by atoms with Crippen LogP contribution in [0.1, 0.15) is 0 Å². The molecule has 0 spiro atoms. The van der Waals surface area contributed by atoms with Crippen molar-refractivity contribution in [2.45, 2.75) is 0 Å². The summed E-state index contributed by atoms with van der Waals surface area (Å²) in [6.45, 7) is 0. The van der Waals surface area contributed by atoms with E-state index in [-0.39, 0.29) is 0 Å². The van der Waals surface area contributed by atoms with Crippen molar-refractivity contribution in [3.8, 4) is 62.1 Å². The molecule has 9 aromatic carbocycles. The van der Waals surface area contributed by atoms with Gasteiger partial charge in [-0.05, 0) is 65.2 Å². The molecule has 294 valence electrons. The second-order valence-electron chi connectivity index (χ2n) is 15.9. The van der Waals surface area contributed by atoms with Crippen LogP contribution in [0.15, 0.2) is 211 Å². The molecular formula is C57H34N4OS. The van der Waals surface area contributed by atoms with Crippen LogP contribution in [-0.2, 0) is 0 Å². The Balaban J connectivity index is 1.02. The average Bonchev–Trinajstić information content (AvgIpc) is 4.03. The predicted molar refractivity (Wildman–Crippen MR) is 262 cm³/mol. The van der Waals surface area contributed by atoms with Crippen LogP contribution in [0, 0.1) is 0 Å². The molecule has 0 atom stereocenters. The molecule has 0 unspecified atom stereocenters. The van der Waals surface area contributed by atoms with Gasteiger partial charge in [0, 0.05) is 64.0 Å². The van der Waals surface area contributed by atoms with Crippen LogP contribution in [-0.4, -0.2) is 19.5 Å². The van der Waals surface area contributed by atoms with Gasteiger partial charge in [0.05, 0.1) is 16.7 Å². The fraction of sp³-hybridized carbons (Fsp3) is 0. The third kappa shape index (κ3) is 5.80. The molecule has 6 heteroatoms. The van der Waals surface area contributed by atoms with E-state index in [4.69, 9.17) is 19.4 Å². The van der Waals surface area contributed by atoms with Gasteiger partial charge in [0.15, 0.2) is 17.5 Å². The monoisotopic (exact) mass is 822 g/mol. The van der Waals surface area contributed by atoms with Crippen molar-refractivity contribution in [2.24, 2.45) is 0 Å². The quantitative estimate of drug-likeness (QED) is 0.168. The molecule has 13 rings (SSSR count). The van der Waals surface area contributed by atoms with E-state index in [2.05, 4.69) is 180 Å². The van der Waals surface area contributed by atoms with Gasteiger partial charge in [-0.25, -0.2) is 15.0 Å². The first kappa shape index (κ1) is 35.6. The molecule has 0 saturated carbocycles. The molecule has 0 fully saturated rings. The van der Waals surface area contributed by atoms with Crippen molar-refractivity contribution < 1.29 is 4.42 Å². The maximum absolute atomic E-state index is 6.43. The number of rotatable bonds is 6. The van der Waals surface area contributed by atoms with E-state index in [1.54, 1.807) is 0 Å². The van der Waals surface area contributed by atoms with Crippen molar-refractivity contribution in [2.75, 3.05) is 0 Å². The normalized spacial score (nSPS) is 11.8. The molecule has 0 radical (unpaired) electrons. The molecule has 5 nitrogen and oxygen atoms in total. The SMILES string of the molecule is c1ccc(-c2nc(-c3cccc(-c4cccc5c4sc4ccccc45)c3)nc(-c3ccc(-c4ccc5c(c4)oc4ccccc45)c(-n4c5ccccc5c5ccccc54)c3)n2)cc1. The minimum atomic E-state index is 0.595. The molecular weight excluding hydrogens is 789 g/mol. The molecule has 0 aliphatic heterocycles.